The molecule has 4 fully saturated rings. The van der Waals surface area contributed by atoms with Gasteiger partial charge in [0.1, 0.15) is 37.1 Å². The molecule has 4 amide bonds. The smallest absolute Gasteiger partial charge is 0.246 e. The molecule has 4 aliphatic rings. The number of amides is 4. The minimum absolute atomic E-state index is 0. The quantitative estimate of drug-likeness (QED) is 0.0627. The zero-order valence-electron chi connectivity index (χ0n) is 46.5. The number of carbonyl (C=O) groups excluding carboxylic acids is 5. The summed E-state index contributed by atoms with van der Waals surface area (Å²) in [4.78, 5) is 74.3. The second-order valence-electron chi connectivity index (χ2n) is 20.2. The number of nitrogens with one attached hydrogen (secondary N) is 4. The fourth-order valence-corrected chi connectivity index (χ4v) is 13.3. The zero-order valence-corrected chi connectivity index (χ0v) is 58.0. The van der Waals surface area contributed by atoms with E-state index in [1.54, 1.807) is 47.3 Å². The molecule has 450 valence electrons. The number of thioether (sulfide) groups is 2. The zero-order chi connectivity index (χ0) is 50.6. The largest absolute Gasteiger partial charge is 0.368 e. The number of thiocarbonyl (C=S) groups is 1. The average molecular weight is 1320 g/mol. The molecule has 2 aromatic rings. The third-order valence-corrected chi connectivity index (χ3v) is 17.2. The molecule has 6 rings (SSSR count). The molecule has 0 radical (unpaired) electrons. The van der Waals surface area contributed by atoms with Crippen LogP contribution < -0.4 is 21.3 Å². The minimum Gasteiger partial charge on any atom is -0.368 e. The first kappa shape index (κ1) is 84.2. The molecule has 2 aromatic carbocycles. The van der Waals surface area contributed by atoms with Gasteiger partial charge in [-0.1, -0.05) is 126 Å². The van der Waals surface area contributed by atoms with Gasteiger partial charge < -0.3 is 40.5 Å². The molecule has 10 atom stereocenters. The van der Waals surface area contributed by atoms with E-state index >= 15 is 0 Å². The minimum atomic E-state index is -0.718. The van der Waals surface area contributed by atoms with E-state index in [1.807, 2.05) is 74.5 Å². The molecule has 0 aromatic heterocycles. The lowest BCUT2D eigenvalue weighted by atomic mass is 9.83. The molecule has 0 saturated carbocycles. The van der Waals surface area contributed by atoms with Gasteiger partial charge >= 0.3 is 0 Å². The summed E-state index contributed by atoms with van der Waals surface area (Å²) in [7, 11) is 1.73. The van der Waals surface area contributed by atoms with Crippen molar-refractivity contribution in [2.75, 3.05) is 45.0 Å². The van der Waals surface area contributed by atoms with Crippen LogP contribution in [0.2, 0.25) is 0 Å². The Labute approximate surface area is 548 Å². The maximum atomic E-state index is 14.4. The molecule has 4 heterocycles. The second-order valence-corrected chi connectivity index (χ2v) is 23.2. The van der Waals surface area contributed by atoms with E-state index in [9.17, 15) is 24.0 Å². The summed E-state index contributed by atoms with van der Waals surface area (Å²) in [5, 5.41) is 12.5. The van der Waals surface area contributed by atoms with Crippen LogP contribution in [0.4, 0.5) is 0 Å². The highest BCUT2D eigenvalue weighted by molar-refractivity contribution is 8.00. The number of rotatable bonds is 19. The first-order valence-electron chi connectivity index (χ1n) is 24.7. The summed E-state index contributed by atoms with van der Waals surface area (Å²) in [5.41, 5.74) is 0.763. The lowest BCUT2D eigenvalue weighted by Gasteiger charge is -2.35. The number of benzene rings is 2. The SMILES string of the molecule is CC[C@@H](C)C(=S)N[C@H]1CCS[C@H]2CC(C)(C)[C@@H](C(=O)N[C@H](COCC#CC#CCOC[C@@H](NC(=O)[C@H]3N4C(=O)[C@@H](CC(=O)[C@H](C)NC)CCS[C@H]4CC3(C)C)c3ccccc3)c3ccccc3)N2C1=O.S.S.S.S.S.S.S.S.S. The van der Waals surface area contributed by atoms with E-state index in [-0.39, 0.29) is 206 Å². The van der Waals surface area contributed by atoms with Gasteiger partial charge in [0.2, 0.25) is 23.6 Å². The van der Waals surface area contributed by atoms with E-state index in [1.165, 1.54) is 0 Å². The molecule has 0 unspecified atom stereocenters. The highest BCUT2D eigenvalue weighted by atomic mass is 32.2. The van der Waals surface area contributed by atoms with Crippen molar-refractivity contribution in [2.45, 2.75) is 134 Å². The van der Waals surface area contributed by atoms with E-state index in [0.717, 1.165) is 29.1 Å². The Hall–Kier alpha value is -1.27. The Morgan fingerprint density at radius 1 is 0.684 bits per heavy atom. The van der Waals surface area contributed by atoms with Crippen molar-refractivity contribution >= 4 is 192 Å². The van der Waals surface area contributed by atoms with E-state index < -0.39 is 47.0 Å². The summed E-state index contributed by atoms with van der Waals surface area (Å²) in [6.45, 7) is 14.5. The molecule has 79 heavy (non-hydrogen) atoms. The van der Waals surface area contributed by atoms with Crippen LogP contribution in [-0.2, 0) is 33.4 Å². The van der Waals surface area contributed by atoms with Gasteiger partial charge in [-0.25, -0.2) is 0 Å². The molecule has 25 heteroatoms. The number of hydrogen-bond donors (Lipinski definition) is 4. The summed E-state index contributed by atoms with van der Waals surface area (Å²) in [6.07, 6.45) is 3.62. The number of ketones is 1. The van der Waals surface area contributed by atoms with Crippen LogP contribution in [0.15, 0.2) is 60.7 Å². The van der Waals surface area contributed by atoms with Crippen molar-refractivity contribution in [3.8, 4) is 23.7 Å². The van der Waals surface area contributed by atoms with Crippen LogP contribution in [-0.4, -0.2) is 124 Å². The fourth-order valence-electron chi connectivity index (χ4n) is 9.82. The Bertz CT molecular complexity index is 2170. The number of Topliss-reactive ketones (excluding diaryl/α,β-unsaturated/α-hetero) is 1. The highest BCUT2D eigenvalue weighted by Gasteiger charge is 2.56. The summed E-state index contributed by atoms with van der Waals surface area (Å²) in [5.74, 6) is 12.0. The van der Waals surface area contributed by atoms with Crippen molar-refractivity contribution in [3.63, 3.8) is 0 Å². The van der Waals surface area contributed by atoms with Gasteiger partial charge in [-0.05, 0) is 91.4 Å². The van der Waals surface area contributed by atoms with Crippen molar-refractivity contribution in [2.24, 2.45) is 22.7 Å². The molecule has 4 aliphatic heterocycles. The van der Waals surface area contributed by atoms with Crippen molar-refractivity contribution < 1.29 is 33.4 Å². The van der Waals surface area contributed by atoms with Gasteiger partial charge in [0.05, 0.1) is 47.1 Å². The Morgan fingerprint density at radius 2 is 1.10 bits per heavy atom. The van der Waals surface area contributed by atoms with Crippen LogP contribution in [0.1, 0.15) is 110 Å². The number of hydrogen-bond acceptors (Lipinski definition) is 11. The Kier molecular flexibility index (Phi) is 42.8. The number of carbonyl (C=O) groups is 5. The number of nitrogens with zero attached hydrogens (tertiary/aromatic N) is 2. The fraction of sp³-hybridized carbons (Fsp3) is 0.593. The van der Waals surface area contributed by atoms with Gasteiger partial charge in [0.25, 0.3) is 0 Å². The maximum Gasteiger partial charge on any atom is 0.246 e. The normalized spacial score (nSPS) is 22.3. The number of fused-ring (bicyclic) bond motifs is 2. The van der Waals surface area contributed by atoms with Crippen LogP contribution in [0, 0.1) is 46.3 Å². The first-order valence-corrected chi connectivity index (χ1v) is 27.2. The standard InChI is InChI=1S/C54H72N6O7S3.9H2S/c1-9-35(2)50(68)58-40-25-29-70-45-32-54(6,7)47(60(45)52(40)65)49(63)57-42(38-22-16-13-17-23-38)34-67-27-19-11-10-18-26-66-33-41(37-20-14-12-15-21-37)56-48(62)46-53(4,5)31-44-59(46)51(64)39(24-28-69-44)30-43(61)36(3)55-8;;;;;;;;;/h12-17,20-23,35-36,39-42,44-47,55H,9,24-34H2,1-8H3,(H,56,62)(H,57,63)(H,58,68);9*1H2/t35-,36+,39-,40+,41-,42-,44+,45+,46-,47-;;;;;;;;;/m1........./s1. The van der Waals surface area contributed by atoms with Crippen LogP contribution >= 0.6 is 157 Å². The lowest BCUT2D eigenvalue weighted by Crippen LogP contribution is -2.57. The first-order chi connectivity index (χ1) is 33.5. The highest BCUT2D eigenvalue weighted by Crippen LogP contribution is 2.48. The second kappa shape index (κ2) is 40.1. The summed E-state index contributed by atoms with van der Waals surface area (Å²) < 4.78 is 12.0. The van der Waals surface area contributed by atoms with E-state index in [0.29, 0.717) is 30.7 Å². The summed E-state index contributed by atoms with van der Waals surface area (Å²) >= 11 is 9.08. The number of ether oxygens (including phenoxy) is 2. The van der Waals surface area contributed by atoms with Crippen molar-refractivity contribution in [1.82, 2.24) is 31.1 Å². The van der Waals surface area contributed by atoms with E-state index in [4.69, 9.17) is 21.7 Å². The molecular weight excluding hydrogens is 1230 g/mol. The molecule has 4 saturated heterocycles. The molecule has 0 spiro atoms. The molecule has 0 bridgehead atoms. The van der Waals surface area contributed by atoms with Crippen molar-refractivity contribution in [1.29, 1.82) is 0 Å². The third-order valence-electron chi connectivity index (χ3n) is 14.1. The lowest BCUT2D eigenvalue weighted by molar-refractivity contribution is -0.145. The average Bonchev–Trinajstić information content (AvgIpc) is 3.66. The Balaban J connectivity index is -0.00000312. The molecule has 0 aliphatic carbocycles. The Morgan fingerprint density at radius 3 is 1.52 bits per heavy atom. The van der Waals surface area contributed by atoms with Gasteiger partial charge in [-0.15, -0.1) is 23.5 Å². The van der Waals surface area contributed by atoms with Gasteiger partial charge in [0.15, 0.2) is 0 Å². The van der Waals surface area contributed by atoms with Gasteiger partial charge in [-0.3, -0.25) is 24.0 Å². The van der Waals surface area contributed by atoms with Crippen LogP contribution in [0.5, 0.6) is 0 Å². The van der Waals surface area contributed by atoms with Gasteiger partial charge in [-0.2, -0.15) is 121 Å². The molecule has 13 nitrogen and oxygen atoms in total. The van der Waals surface area contributed by atoms with Crippen molar-refractivity contribution in [3.05, 3.63) is 71.8 Å². The maximum absolute atomic E-state index is 14.4. The molecule has 4 N–H and O–H groups in total. The number of likely N-dealkylation sites (N-methyl/N-ethyl adjacent to an activating group) is 1. The summed E-state index contributed by atoms with van der Waals surface area (Å²) in [6, 6.07) is 16.0. The molecular formula is C54H90N6O7S12. The van der Waals surface area contributed by atoms with E-state index in [2.05, 4.69) is 72.6 Å². The van der Waals surface area contributed by atoms with Crippen LogP contribution in [0.3, 0.4) is 0 Å². The predicted molar refractivity (Wildman–Crippen MR) is 376 cm³/mol. The third kappa shape index (κ3) is 22.6. The van der Waals surface area contributed by atoms with Crippen LogP contribution in [0.25, 0.3) is 0 Å². The van der Waals surface area contributed by atoms with Gasteiger partial charge in [0, 0.05) is 18.3 Å². The topological polar surface area (TPSA) is 158 Å². The predicted octanol–water partition coefficient (Wildman–Crippen LogP) is 7.45. The monoisotopic (exact) mass is 1320 g/mol.